The van der Waals surface area contributed by atoms with Crippen molar-refractivity contribution in [2.45, 2.75) is 19.9 Å². The summed E-state index contributed by atoms with van der Waals surface area (Å²) >= 11 is 0. The van der Waals surface area contributed by atoms with Gasteiger partial charge < -0.3 is 10.1 Å². The molecule has 0 radical (unpaired) electrons. The van der Waals surface area contributed by atoms with E-state index in [4.69, 9.17) is 4.74 Å². The number of aromatic nitrogens is 4. The predicted molar refractivity (Wildman–Crippen MR) is 72.1 cm³/mol. The van der Waals surface area contributed by atoms with Crippen molar-refractivity contribution in [1.82, 2.24) is 25.5 Å². The van der Waals surface area contributed by atoms with Crippen LogP contribution in [-0.4, -0.2) is 40.5 Å². The van der Waals surface area contributed by atoms with E-state index in [0.29, 0.717) is 30.2 Å². The molecule has 2 aromatic rings. The topological polar surface area (TPSA) is 64.9 Å². The highest BCUT2D eigenvalue weighted by molar-refractivity contribution is 5.35. The summed E-state index contributed by atoms with van der Waals surface area (Å²) in [6, 6.07) is 4.86. The molecule has 7 heteroatoms. The van der Waals surface area contributed by atoms with Gasteiger partial charge in [-0.15, -0.1) is 5.10 Å². The molecular weight excluding hydrogens is 261 g/mol. The van der Waals surface area contributed by atoms with Gasteiger partial charge in [0.15, 0.2) is 5.82 Å². The van der Waals surface area contributed by atoms with Crippen molar-refractivity contribution in [2.24, 2.45) is 0 Å². The monoisotopic (exact) mass is 279 g/mol. The zero-order chi connectivity index (χ0) is 14.5. The lowest BCUT2D eigenvalue weighted by Gasteiger charge is -2.13. The van der Waals surface area contributed by atoms with Crippen LogP contribution in [0.4, 0.5) is 4.39 Å². The maximum Gasteiger partial charge on any atom is 0.173 e. The van der Waals surface area contributed by atoms with Gasteiger partial charge in [-0.05, 0) is 42.0 Å². The maximum atomic E-state index is 13.6. The number of nitrogens with one attached hydrogen (secondary N) is 1. The van der Waals surface area contributed by atoms with E-state index in [1.807, 2.05) is 6.92 Å². The van der Waals surface area contributed by atoms with E-state index < -0.39 is 0 Å². The minimum absolute atomic E-state index is 0.0653. The van der Waals surface area contributed by atoms with Crippen molar-refractivity contribution in [3.05, 3.63) is 35.4 Å². The zero-order valence-electron chi connectivity index (χ0n) is 11.8. The molecule has 0 amide bonds. The standard InChI is InChI=1S/C13H18FN5O/c1-9-4-5-11(8-12(9)14)19-13(16-17-18-19)10(2)15-6-7-20-3/h4-5,8,10,15H,6-7H2,1-3H3. The maximum absolute atomic E-state index is 13.6. The fourth-order valence-electron chi connectivity index (χ4n) is 1.83. The Kier molecular flexibility index (Phi) is 4.75. The molecule has 1 heterocycles. The molecule has 2 rings (SSSR count). The summed E-state index contributed by atoms with van der Waals surface area (Å²) < 4.78 is 20.2. The van der Waals surface area contributed by atoms with E-state index in [2.05, 4.69) is 20.8 Å². The van der Waals surface area contributed by atoms with Gasteiger partial charge >= 0.3 is 0 Å². The normalized spacial score (nSPS) is 12.6. The summed E-state index contributed by atoms with van der Waals surface area (Å²) in [7, 11) is 1.64. The van der Waals surface area contributed by atoms with Crippen molar-refractivity contribution < 1.29 is 9.13 Å². The van der Waals surface area contributed by atoms with Crippen LogP contribution in [0.15, 0.2) is 18.2 Å². The molecule has 20 heavy (non-hydrogen) atoms. The van der Waals surface area contributed by atoms with Crippen molar-refractivity contribution in [3.8, 4) is 5.69 Å². The highest BCUT2D eigenvalue weighted by Gasteiger charge is 2.15. The predicted octanol–water partition coefficient (Wildman–Crippen LogP) is 1.41. The van der Waals surface area contributed by atoms with Crippen LogP contribution in [-0.2, 0) is 4.74 Å². The Labute approximate surface area is 116 Å². The molecule has 1 aromatic carbocycles. The summed E-state index contributed by atoms with van der Waals surface area (Å²) in [5.41, 5.74) is 1.20. The summed E-state index contributed by atoms with van der Waals surface area (Å²) in [6.07, 6.45) is 0. The third-order valence-electron chi connectivity index (χ3n) is 3.04. The summed E-state index contributed by atoms with van der Waals surface area (Å²) in [6.45, 7) is 4.95. The molecule has 108 valence electrons. The van der Waals surface area contributed by atoms with Crippen LogP contribution in [0.2, 0.25) is 0 Å². The summed E-state index contributed by atoms with van der Waals surface area (Å²) in [4.78, 5) is 0. The Morgan fingerprint density at radius 2 is 2.25 bits per heavy atom. The van der Waals surface area contributed by atoms with Crippen LogP contribution in [0.25, 0.3) is 5.69 Å². The van der Waals surface area contributed by atoms with E-state index in [1.54, 1.807) is 26.2 Å². The largest absolute Gasteiger partial charge is 0.383 e. The highest BCUT2D eigenvalue weighted by atomic mass is 19.1. The van der Waals surface area contributed by atoms with E-state index in [9.17, 15) is 4.39 Å². The number of tetrazole rings is 1. The first kappa shape index (κ1) is 14.5. The number of hydrogen-bond donors (Lipinski definition) is 1. The average Bonchev–Trinajstić information content (AvgIpc) is 2.91. The quantitative estimate of drug-likeness (QED) is 0.810. The molecule has 0 aliphatic carbocycles. The second kappa shape index (κ2) is 6.53. The molecule has 0 aliphatic rings. The number of hydrogen-bond acceptors (Lipinski definition) is 5. The smallest absolute Gasteiger partial charge is 0.173 e. The molecule has 1 atom stereocenters. The third-order valence-corrected chi connectivity index (χ3v) is 3.04. The summed E-state index contributed by atoms with van der Waals surface area (Å²) in [5, 5.41) is 14.8. The number of benzene rings is 1. The zero-order valence-corrected chi connectivity index (χ0v) is 11.8. The molecule has 0 bridgehead atoms. The fraction of sp³-hybridized carbons (Fsp3) is 0.462. The van der Waals surface area contributed by atoms with Gasteiger partial charge in [-0.3, -0.25) is 0 Å². The minimum Gasteiger partial charge on any atom is -0.383 e. The van der Waals surface area contributed by atoms with Crippen molar-refractivity contribution in [2.75, 3.05) is 20.3 Å². The number of nitrogens with zero attached hydrogens (tertiary/aromatic N) is 4. The second-order valence-electron chi connectivity index (χ2n) is 4.55. The molecule has 0 fully saturated rings. The number of halogens is 1. The lowest BCUT2D eigenvalue weighted by molar-refractivity contribution is 0.196. The van der Waals surface area contributed by atoms with Gasteiger partial charge in [-0.25, -0.2) is 4.39 Å². The number of ether oxygens (including phenoxy) is 1. The van der Waals surface area contributed by atoms with Gasteiger partial charge in [0.1, 0.15) is 5.82 Å². The van der Waals surface area contributed by atoms with Crippen LogP contribution >= 0.6 is 0 Å². The molecule has 0 saturated carbocycles. The molecule has 0 spiro atoms. The lowest BCUT2D eigenvalue weighted by Crippen LogP contribution is -2.25. The lowest BCUT2D eigenvalue weighted by atomic mass is 10.2. The first-order valence-electron chi connectivity index (χ1n) is 6.40. The number of methoxy groups -OCH3 is 1. The Hall–Kier alpha value is -1.86. The minimum atomic E-state index is -0.274. The van der Waals surface area contributed by atoms with Gasteiger partial charge in [0.25, 0.3) is 0 Å². The molecule has 6 nitrogen and oxygen atoms in total. The molecule has 1 N–H and O–H groups in total. The fourth-order valence-corrected chi connectivity index (χ4v) is 1.83. The van der Waals surface area contributed by atoms with E-state index in [-0.39, 0.29) is 11.9 Å². The van der Waals surface area contributed by atoms with Crippen molar-refractivity contribution in [3.63, 3.8) is 0 Å². The Bertz CT molecular complexity index is 572. The van der Waals surface area contributed by atoms with E-state index in [0.717, 1.165) is 0 Å². The number of rotatable bonds is 6. The third kappa shape index (κ3) is 3.17. The van der Waals surface area contributed by atoms with Crippen molar-refractivity contribution in [1.29, 1.82) is 0 Å². The van der Waals surface area contributed by atoms with Gasteiger partial charge in [0.2, 0.25) is 0 Å². The van der Waals surface area contributed by atoms with Gasteiger partial charge in [0.05, 0.1) is 18.3 Å². The molecule has 0 aliphatic heterocycles. The Balaban J connectivity index is 2.21. The molecule has 1 aromatic heterocycles. The molecular formula is C13H18FN5O. The SMILES string of the molecule is COCCNC(C)c1nnnn1-c1ccc(C)c(F)c1. The Morgan fingerprint density at radius 3 is 2.95 bits per heavy atom. The first-order valence-corrected chi connectivity index (χ1v) is 6.40. The van der Waals surface area contributed by atoms with E-state index in [1.165, 1.54) is 10.7 Å². The van der Waals surface area contributed by atoms with Crippen LogP contribution in [0, 0.1) is 12.7 Å². The van der Waals surface area contributed by atoms with Crippen LogP contribution < -0.4 is 5.32 Å². The Morgan fingerprint density at radius 1 is 1.45 bits per heavy atom. The van der Waals surface area contributed by atoms with Gasteiger partial charge in [0, 0.05) is 13.7 Å². The summed E-state index contributed by atoms with van der Waals surface area (Å²) in [5.74, 6) is 0.355. The highest BCUT2D eigenvalue weighted by Crippen LogP contribution is 2.16. The average molecular weight is 279 g/mol. The molecule has 1 unspecified atom stereocenters. The van der Waals surface area contributed by atoms with Crippen LogP contribution in [0.5, 0.6) is 0 Å². The van der Waals surface area contributed by atoms with Gasteiger partial charge in [-0.2, -0.15) is 4.68 Å². The van der Waals surface area contributed by atoms with Crippen LogP contribution in [0.3, 0.4) is 0 Å². The second-order valence-corrected chi connectivity index (χ2v) is 4.55. The van der Waals surface area contributed by atoms with Crippen molar-refractivity contribution >= 4 is 0 Å². The van der Waals surface area contributed by atoms with Gasteiger partial charge in [-0.1, -0.05) is 6.07 Å². The van der Waals surface area contributed by atoms with Crippen LogP contribution in [0.1, 0.15) is 24.4 Å². The molecule has 0 saturated heterocycles. The first-order chi connectivity index (χ1) is 9.63. The number of aryl methyl sites for hydroxylation is 1. The van der Waals surface area contributed by atoms with E-state index >= 15 is 0 Å².